The molecule has 0 aliphatic rings. The summed E-state index contributed by atoms with van der Waals surface area (Å²) in [5, 5.41) is -1.25. The molecule has 2 atom stereocenters. The molecule has 0 saturated heterocycles. The fourth-order valence-corrected chi connectivity index (χ4v) is 3.97. The Morgan fingerprint density at radius 3 is 1.35 bits per heavy atom. The summed E-state index contributed by atoms with van der Waals surface area (Å²) in [5.41, 5.74) is 0. The van der Waals surface area contributed by atoms with Crippen LogP contribution in [0.1, 0.15) is 12.8 Å². The molecule has 2 unspecified atom stereocenters. The fourth-order valence-electron chi connectivity index (χ4n) is 0.941. The second kappa shape index (κ2) is 10.5. The van der Waals surface area contributed by atoms with E-state index in [0.717, 1.165) is 0 Å². The average molecular weight is 469 g/mol. The molecule has 0 rings (SSSR count). The Balaban J connectivity index is 3.81. The largest absolute Gasteiger partial charge is 0.786 e. The van der Waals surface area contributed by atoms with E-state index in [9.17, 15) is 4.89 Å². The van der Waals surface area contributed by atoms with E-state index in [1.165, 1.54) is 0 Å². The summed E-state index contributed by atoms with van der Waals surface area (Å²) in [6.45, 7) is -0.218. The lowest BCUT2D eigenvalue weighted by Crippen LogP contribution is -2.20. The Kier molecular flexibility index (Phi) is 11.9. The van der Waals surface area contributed by atoms with Crippen LogP contribution in [0.3, 0.4) is 0 Å². The summed E-state index contributed by atoms with van der Waals surface area (Å²) < 4.78 is 6.69. The normalized spacial score (nSPS) is 17.9. The molecule has 0 heterocycles. The zero-order valence-corrected chi connectivity index (χ0v) is 16.6. The lowest BCUT2D eigenvalue weighted by molar-refractivity contribution is -0.204. The van der Waals surface area contributed by atoms with E-state index >= 15 is 0 Å². The summed E-state index contributed by atoms with van der Waals surface area (Å²) in [6.07, 6.45) is 0.0710. The van der Waals surface area contributed by atoms with Gasteiger partial charge in [0.2, 0.25) is 0 Å². The molecule has 0 fully saturated rings. The van der Waals surface area contributed by atoms with E-state index in [0.29, 0.717) is 0 Å². The SMILES string of the molecule is [O-]P(OCC(Cl)CC(Cl)(Cl)Cl)OCC(Cl)CC(Cl)(Cl)Cl. The van der Waals surface area contributed by atoms with Gasteiger partial charge in [-0.1, -0.05) is 69.6 Å². The smallest absolute Gasteiger partial charge is 0.192 e. The predicted octanol–water partition coefficient (Wildman–Crippen LogP) is 5.34. The van der Waals surface area contributed by atoms with Crippen molar-refractivity contribution in [1.82, 2.24) is 0 Å². The van der Waals surface area contributed by atoms with Crippen molar-refractivity contribution in [3.63, 3.8) is 0 Å². The second-order valence-corrected chi connectivity index (χ2v) is 10.9. The Labute approximate surface area is 159 Å². The van der Waals surface area contributed by atoms with E-state index in [2.05, 4.69) is 0 Å². The van der Waals surface area contributed by atoms with Crippen LogP contribution < -0.4 is 4.89 Å². The van der Waals surface area contributed by atoms with Gasteiger partial charge in [0.15, 0.2) is 7.59 Å². The van der Waals surface area contributed by atoms with Crippen molar-refractivity contribution in [2.75, 3.05) is 13.2 Å². The Hall–Kier alpha value is 2.63. The molecule has 0 N–H and O–H groups in total. The summed E-state index contributed by atoms with van der Waals surface area (Å²) in [4.78, 5) is 11.4. The first-order valence-electron chi connectivity index (χ1n) is 5.04. The monoisotopic (exact) mass is 465 g/mol. The lowest BCUT2D eigenvalue weighted by Gasteiger charge is -2.26. The van der Waals surface area contributed by atoms with Crippen LogP contribution in [0.5, 0.6) is 0 Å². The molecular formula is C8H10Cl8O3P-. The molecule has 12 heteroatoms. The molecule has 3 nitrogen and oxygen atoms in total. The predicted molar refractivity (Wildman–Crippen MR) is 87.9 cm³/mol. The highest BCUT2D eigenvalue weighted by molar-refractivity contribution is 7.39. The van der Waals surface area contributed by atoms with Crippen LogP contribution in [-0.2, 0) is 9.05 Å². The number of alkyl halides is 8. The summed E-state index contributed by atoms with van der Waals surface area (Å²) in [7, 11) is -2.41. The van der Waals surface area contributed by atoms with E-state index in [1.807, 2.05) is 0 Å². The van der Waals surface area contributed by atoms with E-state index in [1.54, 1.807) is 0 Å². The van der Waals surface area contributed by atoms with Crippen molar-refractivity contribution < 1.29 is 13.9 Å². The van der Waals surface area contributed by atoms with Crippen molar-refractivity contribution >= 4 is 101 Å². The van der Waals surface area contributed by atoms with Gasteiger partial charge < -0.3 is 13.9 Å². The summed E-state index contributed by atoms with van der Waals surface area (Å²) in [5.74, 6) is 0. The Morgan fingerprint density at radius 2 is 1.10 bits per heavy atom. The maximum absolute atomic E-state index is 11.4. The van der Waals surface area contributed by atoms with Crippen molar-refractivity contribution in [1.29, 1.82) is 0 Å². The average Bonchev–Trinajstić information content (AvgIpc) is 2.18. The van der Waals surface area contributed by atoms with Crippen molar-refractivity contribution in [3.05, 3.63) is 0 Å². The molecule has 0 aromatic heterocycles. The van der Waals surface area contributed by atoms with Gasteiger partial charge in [0.25, 0.3) is 0 Å². The van der Waals surface area contributed by atoms with Gasteiger partial charge in [-0.15, -0.1) is 23.2 Å². The maximum Gasteiger partial charge on any atom is 0.192 e. The maximum atomic E-state index is 11.4. The second-order valence-electron chi connectivity index (χ2n) is 3.65. The molecule has 0 aromatic rings. The standard InChI is InChI=1S/C8H10Cl8O3P/c9-5(1-7(11,12)13)3-18-20(17)19-4-6(10)2-8(14,15)16/h5-6H,1-4H2/q-1. The van der Waals surface area contributed by atoms with Crippen molar-refractivity contribution in [2.45, 2.75) is 31.2 Å². The van der Waals surface area contributed by atoms with Crippen LogP contribution >= 0.6 is 101 Å². The van der Waals surface area contributed by atoms with E-state index in [-0.39, 0.29) is 26.1 Å². The lowest BCUT2D eigenvalue weighted by atomic mass is 10.3. The minimum absolute atomic E-state index is 0.0355. The Morgan fingerprint density at radius 1 is 0.800 bits per heavy atom. The number of rotatable bonds is 8. The van der Waals surface area contributed by atoms with E-state index in [4.69, 9.17) is 102 Å². The van der Waals surface area contributed by atoms with Crippen molar-refractivity contribution in [3.8, 4) is 0 Å². The molecule has 20 heavy (non-hydrogen) atoms. The highest BCUT2D eigenvalue weighted by Gasteiger charge is 2.26. The highest BCUT2D eigenvalue weighted by atomic mass is 35.6. The van der Waals surface area contributed by atoms with Gasteiger partial charge in [0.05, 0.1) is 32.6 Å². The highest BCUT2D eigenvalue weighted by Crippen LogP contribution is 2.37. The molecule has 0 radical (unpaired) electrons. The summed E-state index contributed by atoms with van der Waals surface area (Å²) in [6, 6.07) is 0. The van der Waals surface area contributed by atoms with Crippen LogP contribution in [0.25, 0.3) is 0 Å². The van der Waals surface area contributed by atoms with Crippen LogP contribution in [0, 0.1) is 0 Å². The molecule has 0 aromatic carbocycles. The number of hydrogen-bond acceptors (Lipinski definition) is 3. The first-order valence-corrected chi connectivity index (χ1v) is 9.27. The molecule has 0 saturated carbocycles. The van der Waals surface area contributed by atoms with Gasteiger partial charge in [0.1, 0.15) is 0 Å². The van der Waals surface area contributed by atoms with Crippen LogP contribution in [-0.4, -0.2) is 31.6 Å². The molecule has 0 aliphatic heterocycles. The van der Waals surface area contributed by atoms with Crippen LogP contribution in [0.15, 0.2) is 0 Å². The fraction of sp³-hybridized carbons (Fsp3) is 1.00. The third-order valence-corrected chi connectivity index (χ3v) is 3.83. The molecule has 0 aliphatic carbocycles. The zero-order chi connectivity index (χ0) is 16.0. The van der Waals surface area contributed by atoms with Crippen molar-refractivity contribution in [2.24, 2.45) is 0 Å². The first kappa shape index (κ1) is 22.6. The zero-order valence-electron chi connectivity index (χ0n) is 9.68. The number of hydrogen-bond donors (Lipinski definition) is 0. The van der Waals surface area contributed by atoms with E-state index < -0.39 is 26.9 Å². The molecule has 122 valence electrons. The minimum atomic E-state index is -2.41. The third kappa shape index (κ3) is 15.5. The third-order valence-electron chi connectivity index (χ3n) is 1.63. The van der Waals surface area contributed by atoms with Gasteiger partial charge >= 0.3 is 0 Å². The van der Waals surface area contributed by atoms with Gasteiger partial charge in [-0.3, -0.25) is 0 Å². The topological polar surface area (TPSA) is 41.5 Å². The van der Waals surface area contributed by atoms with Gasteiger partial charge in [-0.25, -0.2) is 0 Å². The van der Waals surface area contributed by atoms with Gasteiger partial charge in [-0.2, -0.15) is 0 Å². The Bertz CT molecular complexity index is 245. The molecule has 0 amide bonds. The minimum Gasteiger partial charge on any atom is -0.786 e. The molecule has 0 bridgehead atoms. The number of halogens is 8. The van der Waals surface area contributed by atoms with Gasteiger partial charge in [-0.05, 0) is 0 Å². The van der Waals surface area contributed by atoms with Crippen LogP contribution in [0.2, 0.25) is 0 Å². The van der Waals surface area contributed by atoms with Gasteiger partial charge in [0, 0.05) is 12.8 Å². The first-order chi connectivity index (χ1) is 8.89. The quantitative estimate of drug-likeness (QED) is 0.356. The molecule has 0 spiro atoms. The van der Waals surface area contributed by atoms with Crippen LogP contribution in [0.4, 0.5) is 0 Å². The molecular weight excluding hydrogens is 459 g/mol. The summed E-state index contributed by atoms with van der Waals surface area (Å²) >= 11 is 44.9.